The van der Waals surface area contributed by atoms with Gasteiger partial charge in [0.25, 0.3) is 0 Å². The summed E-state index contributed by atoms with van der Waals surface area (Å²) in [7, 11) is 0. The molecule has 1 unspecified atom stereocenters. The third-order valence-corrected chi connectivity index (χ3v) is 2.97. The molecular weight excluding hydrogens is 221 g/mol. The van der Waals surface area contributed by atoms with E-state index in [1.807, 2.05) is 24.3 Å². The van der Waals surface area contributed by atoms with Gasteiger partial charge in [0.2, 0.25) is 5.24 Å². The first-order valence-corrected chi connectivity index (χ1v) is 4.59. The molecule has 1 aliphatic carbocycles. The molecule has 0 amide bonds. The lowest BCUT2D eigenvalue weighted by molar-refractivity contribution is -0.116. The van der Waals surface area contributed by atoms with Crippen LogP contribution in [0.1, 0.15) is 17.5 Å². The molecule has 1 aliphatic rings. The summed E-state index contributed by atoms with van der Waals surface area (Å²) in [5, 5.41) is -0.461. The van der Waals surface area contributed by atoms with Crippen molar-refractivity contribution in [3.63, 3.8) is 0 Å². The van der Waals surface area contributed by atoms with Crippen LogP contribution >= 0.6 is 24.0 Å². The van der Waals surface area contributed by atoms with E-state index in [1.165, 1.54) is 0 Å². The fourth-order valence-corrected chi connectivity index (χ4v) is 2.04. The second-order valence-electron chi connectivity index (χ2n) is 3.40. The van der Waals surface area contributed by atoms with Gasteiger partial charge in [0, 0.05) is 0 Å². The highest BCUT2D eigenvalue weighted by atomic mass is 35.5. The van der Waals surface area contributed by atoms with E-state index >= 15 is 0 Å². The van der Waals surface area contributed by atoms with E-state index in [0.29, 0.717) is 6.42 Å². The summed E-state index contributed by atoms with van der Waals surface area (Å²) in [6.45, 7) is 0. The van der Waals surface area contributed by atoms with Crippen LogP contribution in [0.2, 0.25) is 0 Å². The van der Waals surface area contributed by atoms with Crippen LogP contribution in [0, 0.1) is 0 Å². The number of fused-ring (bicyclic) bond motifs is 1. The largest absolute Gasteiger partial charge is 0.314 e. The Morgan fingerprint density at radius 1 is 1.43 bits per heavy atom. The number of halogens is 2. The molecular formula is C10H11Cl2NO. The molecule has 0 heterocycles. The zero-order valence-corrected chi connectivity index (χ0v) is 9.07. The van der Waals surface area contributed by atoms with Gasteiger partial charge in [0.1, 0.15) is 5.54 Å². The van der Waals surface area contributed by atoms with Crippen molar-refractivity contribution in [3.05, 3.63) is 35.4 Å². The van der Waals surface area contributed by atoms with Crippen LogP contribution in [0.25, 0.3) is 0 Å². The first-order chi connectivity index (χ1) is 6.14. The first-order valence-electron chi connectivity index (χ1n) is 4.22. The Bertz CT molecular complexity index is 367. The van der Waals surface area contributed by atoms with Gasteiger partial charge >= 0.3 is 0 Å². The van der Waals surface area contributed by atoms with Crippen molar-refractivity contribution in [1.29, 1.82) is 0 Å². The molecule has 0 saturated carbocycles. The summed E-state index contributed by atoms with van der Waals surface area (Å²) in [6, 6.07) is 7.70. The van der Waals surface area contributed by atoms with Crippen LogP contribution in [-0.2, 0) is 16.8 Å². The minimum absolute atomic E-state index is 0. The smallest absolute Gasteiger partial charge is 0.246 e. The molecule has 0 spiro atoms. The van der Waals surface area contributed by atoms with Crippen LogP contribution in [-0.4, -0.2) is 5.24 Å². The van der Waals surface area contributed by atoms with E-state index in [4.69, 9.17) is 17.3 Å². The predicted molar refractivity (Wildman–Crippen MR) is 58.7 cm³/mol. The summed E-state index contributed by atoms with van der Waals surface area (Å²) in [5.74, 6) is 0. The van der Waals surface area contributed by atoms with Gasteiger partial charge in [-0.15, -0.1) is 12.4 Å². The molecule has 2 nitrogen and oxygen atoms in total. The average molecular weight is 232 g/mol. The minimum Gasteiger partial charge on any atom is -0.314 e. The number of benzene rings is 1. The van der Waals surface area contributed by atoms with E-state index in [-0.39, 0.29) is 12.4 Å². The molecule has 2 rings (SSSR count). The van der Waals surface area contributed by atoms with Gasteiger partial charge in [0.05, 0.1) is 0 Å². The van der Waals surface area contributed by atoms with Crippen molar-refractivity contribution in [2.75, 3.05) is 0 Å². The second-order valence-corrected chi connectivity index (χ2v) is 3.75. The van der Waals surface area contributed by atoms with Gasteiger partial charge in [-0.3, -0.25) is 4.79 Å². The van der Waals surface area contributed by atoms with Crippen molar-refractivity contribution in [1.82, 2.24) is 0 Å². The standard InChI is InChI=1S/C10H10ClNO.ClH/c11-9(13)10(12)6-5-7-3-1-2-4-8(7)10;/h1-4H,5-6,12H2;1H. The number of rotatable bonds is 1. The molecule has 0 saturated heterocycles. The van der Waals surface area contributed by atoms with Gasteiger partial charge in [-0.25, -0.2) is 0 Å². The number of hydrogen-bond acceptors (Lipinski definition) is 2. The first kappa shape index (κ1) is 11.5. The van der Waals surface area contributed by atoms with E-state index in [0.717, 1.165) is 17.5 Å². The summed E-state index contributed by atoms with van der Waals surface area (Å²) >= 11 is 5.49. The molecule has 14 heavy (non-hydrogen) atoms. The fraction of sp³-hybridized carbons (Fsp3) is 0.300. The van der Waals surface area contributed by atoms with Crippen LogP contribution in [0.3, 0.4) is 0 Å². The molecule has 0 bridgehead atoms. The van der Waals surface area contributed by atoms with Gasteiger partial charge in [-0.1, -0.05) is 24.3 Å². The molecule has 4 heteroatoms. The zero-order valence-electron chi connectivity index (χ0n) is 7.50. The minimum atomic E-state index is -0.946. The molecule has 0 radical (unpaired) electrons. The number of carbonyl (C=O) groups excluding carboxylic acids is 1. The average Bonchev–Trinajstić information content (AvgIpc) is 2.47. The molecule has 1 atom stereocenters. The van der Waals surface area contributed by atoms with Crippen molar-refractivity contribution < 1.29 is 4.79 Å². The lowest BCUT2D eigenvalue weighted by atomic mass is 9.95. The second kappa shape index (κ2) is 3.89. The monoisotopic (exact) mass is 231 g/mol. The van der Waals surface area contributed by atoms with Crippen LogP contribution < -0.4 is 5.73 Å². The van der Waals surface area contributed by atoms with Gasteiger partial charge in [0.15, 0.2) is 0 Å². The number of carbonyl (C=O) groups is 1. The van der Waals surface area contributed by atoms with Crippen LogP contribution in [0.15, 0.2) is 24.3 Å². The zero-order chi connectivity index (χ0) is 9.47. The topological polar surface area (TPSA) is 43.1 Å². The van der Waals surface area contributed by atoms with Crippen molar-refractivity contribution >= 4 is 29.3 Å². The Labute approximate surface area is 93.8 Å². The highest BCUT2D eigenvalue weighted by molar-refractivity contribution is 6.65. The third-order valence-electron chi connectivity index (χ3n) is 2.64. The molecule has 0 aromatic heterocycles. The normalized spacial score (nSPS) is 23.9. The van der Waals surface area contributed by atoms with Crippen LogP contribution in [0.5, 0.6) is 0 Å². The van der Waals surface area contributed by atoms with Crippen molar-refractivity contribution in [2.24, 2.45) is 5.73 Å². The van der Waals surface area contributed by atoms with E-state index in [9.17, 15) is 4.79 Å². The lowest BCUT2D eigenvalue weighted by Crippen LogP contribution is -2.40. The Hall–Kier alpha value is -0.570. The maximum absolute atomic E-state index is 11.2. The van der Waals surface area contributed by atoms with Gasteiger partial charge in [-0.05, 0) is 35.6 Å². The molecule has 1 aromatic carbocycles. The molecule has 76 valence electrons. The Kier molecular flexibility index (Phi) is 3.20. The molecule has 2 N–H and O–H groups in total. The Morgan fingerprint density at radius 2 is 2.07 bits per heavy atom. The lowest BCUT2D eigenvalue weighted by Gasteiger charge is -2.19. The van der Waals surface area contributed by atoms with Crippen molar-refractivity contribution in [3.8, 4) is 0 Å². The third kappa shape index (κ3) is 1.54. The molecule has 0 fully saturated rings. The summed E-state index contributed by atoms with van der Waals surface area (Å²) in [4.78, 5) is 11.2. The predicted octanol–water partition coefficient (Wildman–Crippen LogP) is 1.97. The maximum Gasteiger partial charge on any atom is 0.246 e. The van der Waals surface area contributed by atoms with E-state index in [2.05, 4.69) is 0 Å². The fourth-order valence-electron chi connectivity index (χ4n) is 1.84. The van der Waals surface area contributed by atoms with Crippen molar-refractivity contribution in [2.45, 2.75) is 18.4 Å². The quantitative estimate of drug-likeness (QED) is 0.752. The summed E-state index contributed by atoms with van der Waals surface area (Å²) in [6.07, 6.45) is 1.46. The maximum atomic E-state index is 11.2. The number of aryl methyl sites for hydroxylation is 1. The Morgan fingerprint density at radius 3 is 2.71 bits per heavy atom. The molecule has 1 aromatic rings. The van der Waals surface area contributed by atoms with E-state index < -0.39 is 10.8 Å². The summed E-state index contributed by atoms with van der Waals surface area (Å²) < 4.78 is 0. The SMILES string of the molecule is Cl.NC1(C(=O)Cl)CCc2ccccc21. The number of nitrogens with two attached hydrogens (primary N) is 1. The van der Waals surface area contributed by atoms with Crippen LogP contribution in [0.4, 0.5) is 0 Å². The number of hydrogen-bond donors (Lipinski definition) is 1. The highest BCUT2D eigenvalue weighted by Crippen LogP contribution is 2.36. The van der Waals surface area contributed by atoms with E-state index in [1.54, 1.807) is 0 Å². The summed E-state index contributed by atoms with van der Waals surface area (Å²) in [5.41, 5.74) is 7.01. The van der Waals surface area contributed by atoms with Gasteiger partial charge in [-0.2, -0.15) is 0 Å². The van der Waals surface area contributed by atoms with Gasteiger partial charge < -0.3 is 5.73 Å². The molecule has 0 aliphatic heterocycles. The Balaban J connectivity index is 0.000000980. The highest BCUT2D eigenvalue weighted by Gasteiger charge is 2.40.